The summed E-state index contributed by atoms with van der Waals surface area (Å²) < 4.78 is 28.5. The van der Waals surface area contributed by atoms with Gasteiger partial charge < -0.3 is 5.73 Å². The summed E-state index contributed by atoms with van der Waals surface area (Å²) in [6, 6.07) is -0.507. The molecular weight excluding hydrogens is 326 g/mol. The van der Waals surface area contributed by atoms with Crippen molar-refractivity contribution in [2.24, 2.45) is 34.4 Å². The Labute approximate surface area is 149 Å². The molecule has 5 heteroatoms. The van der Waals surface area contributed by atoms with Crippen LogP contribution in [0.15, 0.2) is 4.99 Å². The molecule has 3 aliphatic rings. The maximum atomic E-state index is 14.3. The van der Waals surface area contributed by atoms with E-state index in [0.717, 1.165) is 24.7 Å². The molecule has 2 unspecified atom stereocenters. The lowest BCUT2D eigenvalue weighted by atomic mass is 9.65. The highest BCUT2D eigenvalue weighted by Gasteiger charge is 2.42. The smallest absolute Gasteiger partial charge is 0.126 e. The lowest BCUT2D eigenvalue weighted by molar-refractivity contribution is 0.0439. The highest BCUT2D eigenvalue weighted by molar-refractivity contribution is 7.78. The van der Waals surface area contributed by atoms with Gasteiger partial charge in [-0.25, -0.2) is 13.8 Å². The number of isothiocyanates is 1. The van der Waals surface area contributed by atoms with Crippen LogP contribution in [-0.4, -0.2) is 29.6 Å². The SMILES string of the molecule is NC1CCC(C2CCC(C3CC(F)C(N=C=S)C(F)C3)CC2)CC1. The fourth-order valence-electron chi connectivity index (χ4n) is 5.49. The van der Waals surface area contributed by atoms with Gasteiger partial charge in [0.2, 0.25) is 0 Å². The monoisotopic (exact) mass is 356 g/mol. The standard InChI is InChI=1S/C19H30F2N2S/c20-17-9-15(10-18(21)19(17)23-11-24)14-3-1-12(2-4-14)13-5-7-16(22)8-6-13/h12-19H,1-10,22H2. The summed E-state index contributed by atoms with van der Waals surface area (Å²) in [6.45, 7) is 0. The van der Waals surface area contributed by atoms with Crippen molar-refractivity contribution in [3.63, 3.8) is 0 Å². The summed E-state index contributed by atoms with van der Waals surface area (Å²) in [5.74, 6) is 2.31. The Morgan fingerprint density at radius 2 is 1.17 bits per heavy atom. The molecule has 0 aliphatic heterocycles. The summed E-state index contributed by atoms with van der Waals surface area (Å²) in [6.07, 6.45) is 8.11. The van der Waals surface area contributed by atoms with Gasteiger partial charge in [0.05, 0.1) is 5.16 Å². The molecule has 0 saturated heterocycles. The zero-order chi connectivity index (χ0) is 17.1. The zero-order valence-corrected chi connectivity index (χ0v) is 15.2. The first-order valence-corrected chi connectivity index (χ1v) is 10.1. The molecule has 0 aromatic heterocycles. The van der Waals surface area contributed by atoms with E-state index in [2.05, 4.69) is 22.4 Å². The van der Waals surface area contributed by atoms with E-state index in [9.17, 15) is 8.78 Å². The van der Waals surface area contributed by atoms with Crippen LogP contribution in [0.2, 0.25) is 0 Å². The molecule has 3 aliphatic carbocycles. The maximum absolute atomic E-state index is 14.3. The van der Waals surface area contributed by atoms with Crippen LogP contribution in [0.25, 0.3) is 0 Å². The summed E-state index contributed by atoms with van der Waals surface area (Å²) in [5.41, 5.74) is 6.02. The first-order valence-electron chi connectivity index (χ1n) is 9.69. The minimum atomic E-state index is -1.20. The fraction of sp³-hybridized carbons (Fsp3) is 0.947. The van der Waals surface area contributed by atoms with Gasteiger partial charge in [-0.05, 0) is 100 Å². The van der Waals surface area contributed by atoms with E-state index in [0.29, 0.717) is 24.8 Å². The van der Waals surface area contributed by atoms with Crippen molar-refractivity contribution in [2.45, 2.75) is 88.6 Å². The van der Waals surface area contributed by atoms with Crippen molar-refractivity contribution in [3.8, 4) is 0 Å². The third-order valence-electron chi connectivity index (χ3n) is 6.97. The molecule has 24 heavy (non-hydrogen) atoms. The van der Waals surface area contributed by atoms with Gasteiger partial charge in [-0.2, -0.15) is 0 Å². The van der Waals surface area contributed by atoms with Crippen molar-refractivity contribution >= 4 is 17.4 Å². The predicted octanol–water partition coefficient (Wildman–Crippen LogP) is 4.87. The minimum Gasteiger partial charge on any atom is -0.328 e. The average molecular weight is 357 g/mol. The lowest BCUT2D eigenvalue weighted by Crippen LogP contribution is -2.42. The molecule has 0 aromatic carbocycles. The molecule has 3 rings (SSSR count). The van der Waals surface area contributed by atoms with Crippen LogP contribution in [0.5, 0.6) is 0 Å². The normalized spacial score (nSPS) is 47.0. The van der Waals surface area contributed by atoms with Crippen LogP contribution in [0.3, 0.4) is 0 Å². The van der Waals surface area contributed by atoms with Gasteiger partial charge in [0, 0.05) is 6.04 Å². The number of nitrogens with two attached hydrogens (primary N) is 1. The van der Waals surface area contributed by atoms with E-state index in [1.54, 1.807) is 0 Å². The van der Waals surface area contributed by atoms with Crippen LogP contribution >= 0.6 is 12.2 Å². The zero-order valence-electron chi connectivity index (χ0n) is 14.4. The Bertz CT molecular complexity index is 440. The van der Waals surface area contributed by atoms with Crippen LogP contribution in [0.4, 0.5) is 8.78 Å². The number of halogens is 2. The molecule has 0 bridgehead atoms. The second-order valence-corrected chi connectivity index (χ2v) is 8.51. The Hall–Kier alpha value is -0.380. The Morgan fingerprint density at radius 1 is 0.750 bits per heavy atom. The second-order valence-electron chi connectivity index (χ2n) is 8.32. The van der Waals surface area contributed by atoms with E-state index in [1.807, 2.05) is 0 Å². The fourth-order valence-corrected chi connectivity index (χ4v) is 5.61. The molecule has 3 fully saturated rings. The minimum absolute atomic E-state index is 0.173. The summed E-state index contributed by atoms with van der Waals surface area (Å²) in [4.78, 5) is 3.71. The highest BCUT2D eigenvalue weighted by Crippen LogP contribution is 2.45. The number of nitrogens with zero attached hydrogens (tertiary/aromatic N) is 1. The van der Waals surface area contributed by atoms with Gasteiger partial charge in [0.15, 0.2) is 0 Å². The molecule has 3 saturated carbocycles. The summed E-state index contributed by atoms with van der Waals surface area (Å²) in [5, 5.41) is 2.16. The number of aliphatic imine (C=N–C) groups is 1. The number of rotatable bonds is 3. The Balaban J connectivity index is 1.49. The van der Waals surface area contributed by atoms with Crippen molar-refractivity contribution in [1.82, 2.24) is 0 Å². The average Bonchev–Trinajstić information content (AvgIpc) is 2.59. The van der Waals surface area contributed by atoms with Crippen LogP contribution in [-0.2, 0) is 0 Å². The van der Waals surface area contributed by atoms with Gasteiger partial charge in [-0.15, -0.1) is 0 Å². The molecular formula is C19H30F2N2S. The van der Waals surface area contributed by atoms with Crippen LogP contribution in [0.1, 0.15) is 64.2 Å². The van der Waals surface area contributed by atoms with E-state index >= 15 is 0 Å². The third-order valence-corrected chi connectivity index (χ3v) is 7.07. The van der Waals surface area contributed by atoms with Crippen molar-refractivity contribution < 1.29 is 8.78 Å². The number of hydrogen-bond acceptors (Lipinski definition) is 3. The molecule has 0 spiro atoms. The quantitative estimate of drug-likeness (QED) is 0.579. The van der Waals surface area contributed by atoms with Gasteiger partial charge in [-0.1, -0.05) is 0 Å². The first-order chi connectivity index (χ1) is 11.6. The number of alkyl halides is 2. The van der Waals surface area contributed by atoms with Crippen molar-refractivity contribution in [3.05, 3.63) is 0 Å². The molecule has 2 N–H and O–H groups in total. The third kappa shape index (κ3) is 4.23. The Kier molecular flexibility index (Phi) is 6.39. The topological polar surface area (TPSA) is 38.4 Å². The molecule has 0 radical (unpaired) electrons. The van der Waals surface area contributed by atoms with Crippen molar-refractivity contribution in [1.29, 1.82) is 0 Å². The largest absolute Gasteiger partial charge is 0.328 e. The van der Waals surface area contributed by atoms with Gasteiger partial charge in [0.25, 0.3) is 0 Å². The summed E-state index contributed by atoms with van der Waals surface area (Å²) >= 11 is 4.52. The second kappa shape index (κ2) is 8.33. The number of thiocarbonyl (C=S) groups is 1. The molecule has 0 amide bonds. The Morgan fingerprint density at radius 3 is 1.62 bits per heavy atom. The van der Waals surface area contributed by atoms with Crippen LogP contribution in [0, 0.1) is 23.7 Å². The van der Waals surface area contributed by atoms with E-state index < -0.39 is 18.4 Å². The van der Waals surface area contributed by atoms with Gasteiger partial charge >= 0.3 is 0 Å². The summed E-state index contributed by atoms with van der Waals surface area (Å²) in [7, 11) is 0. The lowest BCUT2D eigenvalue weighted by Gasteiger charge is -2.42. The molecule has 0 aromatic rings. The van der Waals surface area contributed by atoms with Gasteiger partial charge in [-0.3, -0.25) is 0 Å². The van der Waals surface area contributed by atoms with E-state index in [-0.39, 0.29) is 5.92 Å². The molecule has 2 atom stereocenters. The van der Waals surface area contributed by atoms with E-state index in [4.69, 9.17) is 5.73 Å². The molecule has 0 heterocycles. The van der Waals surface area contributed by atoms with E-state index in [1.165, 1.54) is 38.5 Å². The van der Waals surface area contributed by atoms with Crippen molar-refractivity contribution in [2.75, 3.05) is 0 Å². The predicted molar refractivity (Wildman–Crippen MR) is 96.7 cm³/mol. The van der Waals surface area contributed by atoms with Crippen LogP contribution < -0.4 is 5.73 Å². The maximum Gasteiger partial charge on any atom is 0.126 e. The highest BCUT2D eigenvalue weighted by atomic mass is 32.1. The first kappa shape index (κ1) is 18.4. The molecule has 136 valence electrons. The molecule has 2 nitrogen and oxygen atoms in total. The van der Waals surface area contributed by atoms with Gasteiger partial charge in [0.1, 0.15) is 18.4 Å². The number of hydrogen-bond donors (Lipinski definition) is 1.